The molecule has 126 valence electrons. The van der Waals surface area contributed by atoms with Crippen LogP contribution in [-0.2, 0) is 14.8 Å². The van der Waals surface area contributed by atoms with Gasteiger partial charge in [-0.15, -0.1) is 12.4 Å². The van der Waals surface area contributed by atoms with Gasteiger partial charge in [0.05, 0.1) is 10.7 Å². The monoisotopic (exact) mass is 373 g/mol. The molecule has 1 rings (SSSR count). The van der Waals surface area contributed by atoms with Gasteiger partial charge in [0.25, 0.3) is 0 Å². The number of hydrogen-bond donors (Lipinski definition) is 2. The fourth-order valence-electron chi connectivity index (χ4n) is 1.55. The van der Waals surface area contributed by atoms with E-state index in [1.54, 1.807) is 6.92 Å². The summed E-state index contributed by atoms with van der Waals surface area (Å²) in [5.41, 5.74) is 5.43. The second-order valence-corrected chi connectivity index (χ2v) is 6.92. The second kappa shape index (κ2) is 8.07. The van der Waals surface area contributed by atoms with Crippen LogP contribution in [-0.4, -0.2) is 38.3 Å². The number of likely N-dealkylation sites (N-methyl/N-ethyl adjacent to an activating group) is 1. The number of halogens is 3. The topological polar surface area (TPSA) is 92.5 Å². The highest BCUT2D eigenvalue weighted by Gasteiger charge is 2.28. The number of carbonyl (C=O) groups excluding carboxylic acids is 1. The van der Waals surface area contributed by atoms with Crippen LogP contribution in [0.25, 0.3) is 0 Å². The number of amides is 1. The second-order valence-electron chi connectivity index (χ2n) is 4.55. The van der Waals surface area contributed by atoms with Crippen molar-refractivity contribution < 1.29 is 17.6 Å². The van der Waals surface area contributed by atoms with E-state index in [9.17, 15) is 17.6 Å². The summed E-state index contributed by atoms with van der Waals surface area (Å²) < 4.78 is 39.7. The highest BCUT2D eigenvalue weighted by molar-refractivity contribution is 7.89. The predicted molar refractivity (Wildman–Crippen MR) is 86.4 cm³/mol. The molecule has 3 N–H and O–H groups in total. The molecule has 0 aliphatic heterocycles. The van der Waals surface area contributed by atoms with Gasteiger partial charge in [0.2, 0.25) is 15.9 Å². The smallest absolute Gasteiger partial charge is 0.246 e. The molecule has 0 fully saturated rings. The fourth-order valence-corrected chi connectivity index (χ4v) is 3.27. The minimum Gasteiger partial charge on any atom is -0.329 e. The fraction of sp³-hybridized carbons (Fsp3) is 0.417. The standard InChI is InChI=1S/C12H17ClFN3O3S.ClH/c1-7(6-15)17(3)21(19,20)12-4-9(13)11(5-10(12)14)16-8(2)18;/h4-5,7H,6,15H2,1-3H3,(H,16,18);1H. The molecule has 1 amide bonds. The van der Waals surface area contributed by atoms with E-state index in [4.69, 9.17) is 17.3 Å². The summed E-state index contributed by atoms with van der Waals surface area (Å²) in [5, 5.41) is 2.25. The lowest BCUT2D eigenvalue weighted by Crippen LogP contribution is -2.40. The Labute approximate surface area is 140 Å². The van der Waals surface area contributed by atoms with Crippen molar-refractivity contribution in [2.45, 2.75) is 24.8 Å². The Bertz CT molecular complexity index is 655. The van der Waals surface area contributed by atoms with Crippen molar-refractivity contribution in [3.63, 3.8) is 0 Å². The van der Waals surface area contributed by atoms with Crippen molar-refractivity contribution in [1.82, 2.24) is 4.31 Å². The summed E-state index contributed by atoms with van der Waals surface area (Å²) in [6.45, 7) is 2.92. The molecule has 1 aromatic rings. The zero-order valence-electron chi connectivity index (χ0n) is 12.3. The van der Waals surface area contributed by atoms with Crippen LogP contribution in [0.1, 0.15) is 13.8 Å². The maximum atomic E-state index is 14.1. The number of nitrogens with two attached hydrogens (primary N) is 1. The zero-order valence-corrected chi connectivity index (χ0v) is 14.6. The quantitative estimate of drug-likeness (QED) is 0.823. The minimum atomic E-state index is -4.07. The first kappa shape index (κ1) is 21.1. The number of benzene rings is 1. The third-order valence-electron chi connectivity index (χ3n) is 2.95. The Morgan fingerprint density at radius 1 is 1.50 bits per heavy atom. The van der Waals surface area contributed by atoms with Crippen LogP contribution < -0.4 is 11.1 Å². The lowest BCUT2D eigenvalue weighted by molar-refractivity contribution is -0.114. The van der Waals surface area contributed by atoms with Crippen LogP contribution in [0, 0.1) is 5.82 Å². The molecular formula is C12H18Cl2FN3O3S. The van der Waals surface area contributed by atoms with Gasteiger partial charge in [-0.2, -0.15) is 4.31 Å². The van der Waals surface area contributed by atoms with Crippen molar-refractivity contribution in [2.24, 2.45) is 5.73 Å². The average Bonchev–Trinajstić information content (AvgIpc) is 2.39. The van der Waals surface area contributed by atoms with Gasteiger partial charge in [-0.3, -0.25) is 4.79 Å². The van der Waals surface area contributed by atoms with Crippen molar-refractivity contribution in [3.8, 4) is 0 Å². The summed E-state index contributed by atoms with van der Waals surface area (Å²) >= 11 is 5.88. The molecule has 0 aliphatic rings. The highest BCUT2D eigenvalue weighted by Crippen LogP contribution is 2.29. The van der Waals surface area contributed by atoms with Crippen LogP contribution in [0.5, 0.6) is 0 Å². The molecule has 6 nitrogen and oxygen atoms in total. The van der Waals surface area contributed by atoms with E-state index in [0.29, 0.717) is 0 Å². The van der Waals surface area contributed by atoms with Gasteiger partial charge in [0, 0.05) is 32.6 Å². The van der Waals surface area contributed by atoms with Crippen molar-refractivity contribution >= 4 is 45.6 Å². The Morgan fingerprint density at radius 3 is 2.50 bits per heavy atom. The number of nitrogens with one attached hydrogen (secondary N) is 1. The van der Waals surface area contributed by atoms with Gasteiger partial charge in [-0.1, -0.05) is 11.6 Å². The number of sulfonamides is 1. The van der Waals surface area contributed by atoms with Crippen LogP contribution in [0.4, 0.5) is 10.1 Å². The van der Waals surface area contributed by atoms with E-state index in [0.717, 1.165) is 16.4 Å². The first-order chi connectivity index (χ1) is 9.61. The van der Waals surface area contributed by atoms with Crippen molar-refractivity contribution in [2.75, 3.05) is 18.9 Å². The van der Waals surface area contributed by atoms with E-state index >= 15 is 0 Å². The van der Waals surface area contributed by atoms with E-state index < -0.39 is 32.7 Å². The molecule has 0 aliphatic carbocycles. The summed E-state index contributed by atoms with van der Waals surface area (Å²) in [7, 11) is -2.76. The molecule has 0 radical (unpaired) electrons. The molecule has 1 unspecified atom stereocenters. The van der Waals surface area contributed by atoms with Gasteiger partial charge in [0.1, 0.15) is 10.7 Å². The van der Waals surface area contributed by atoms with Crippen molar-refractivity contribution in [1.29, 1.82) is 0 Å². The van der Waals surface area contributed by atoms with Gasteiger partial charge >= 0.3 is 0 Å². The molecule has 0 bridgehead atoms. The predicted octanol–water partition coefficient (Wildman–Crippen LogP) is 1.83. The molecule has 0 saturated carbocycles. The van der Waals surface area contributed by atoms with Gasteiger partial charge < -0.3 is 11.1 Å². The molecule has 0 saturated heterocycles. The Balaban J connectivity index is 0.00000441. The molecule has 10 heteroatoms. The molecule has 0 heterocycles. The normalized spacial score (nSPS) is 12.7. The maximum absolute atomic E-state index is 14.1. The summed E-state index contributed by atoms with van der Waals surface area (Å²) in [6, 6.07) is 1.35. The number of carbonyl (C=O) groups is 1. The third kappa shape index (κ3) is 4.53. The van der Waals surface area contributed by atoms with Gasteiger partial charge in [-0.05, 0) is 13.0 Å². The minimum absolute atomic E-state index is 0. The lowest BCUT2D eigenvalue weighted by atomic mass is 10.3. The number of hydrogen-bond acceptors (Lipinski definition) is 4. The largest absolute Gasteiger partial charge is 0.329 e. The molecular weight excluding hydrogens is 356 g/mol. The Morgan fingerprint density at radius 2 is 2.05 bits per heavy atom. The first-order valence-corrected chi connectivity index (χ1v) is 7.87. The van der Waals surface area contributed by atoms with Crippen LogP contribution in [0.3, 0.4) is 0 Å². The van der Waals surface area contributed by atoms with E-state index in [1.807, 2.05) is 0 Å². The summed E-state index contributed by atoms with van der Waals surface area (Å²) in [6.07, 6.45) is 0. The molecule has 1 aromatic carbocycles. The van der Waals surface area contributed by atoms with Gasteiger partial charge in [-0.25, -0.2) is 12.8 Å². The first-order valence-electron chi connectivity index (χ1n) is 6.06. The molecule has 22 heavy (non-hydrogen) atoms. The zero-order chi connectivity index (χ0) is 16.4. The number of rotatable bonds is 5. The maximum Gasteiger partial charge on any atom is 0.246 e. The highest BCUT2D eigenvalue weighted by atomic mass is 35.5. The van der Waals surface area contributed by atoms with Crippen LogP contribution in [0.2, 0.25) is 5.02 Å². The lowest BCUT2D eigenvalue weighted by Gasteiger charge is -2.23. The number of anilines is 1. The third-order valence-corrected chi connectivity index (χ3v) is 5.25. The van der Waals surface area contributed by atoms with Crippen molar-refractivity contribution in [3.05, 3.63) is 23.0 Å². The molecule has 0 spiro atoms. The van der Waals surface area contributed by atoms with Crippen LogP contribution in [0.15, 0.2) is 17.0 Å². The molecule has 0 aromatic heterocycles. The van der Waals surface area contributed by atoms with E-state index in [1.165, 1.54) is 14.0 Å². The van der Waals surface area contributed by atoms with E-state index in [-0.39, 0.29) is 29.7 Å². The average molecular weight is 374 g/mol. The van der Waals surface area contributed by atoms with E-state index in [2.05, 4.69) is 5.32 Å². The Hall–Kier alpha value is -0.930. The number of nitrogens with zero attached hydrogens (tertiary/aromatic N) is 1. The summed E-state index contributed by atoms with van der Waals surface area (Å²) in [5.74, 6) is -1.44. The summed E-state index contributed by atoms with van der Waals surface area (Å²) in [4.78, 5) is 10.4. The molecule has 1 atom stereocenters. The SMILES string of the molecule is CC(=O)Nc1cc(F)c(S(=O)(=O)N(C)C(C)CN)cc1Cl.Cl. The Kier molecular flexibility index (Phi) is 7.73. The van der Waals surface area contributed by atoms with Crippen LogP contribution >= 0.6 is 24.0 Å². The van der Waals surface area contributed by atoms with Gasteiger partial charge in [0.15, 0.2) is 0 Å².